The SMILES string of the molecule is CSC(=NC1(C)CC1)NC#N. The van der Waals surface area contributed by atoms with Gasteiger partial charge in [-0.2, -0.15) is 5.26 Å². The van der Waals surface area contributed by atoms with Crippen LogP contribution in [0.5, 0.6) is 0 Å². The average Bonchev–Trinajstić information content (AvgIpc) is 2.68. The van der Waals surface area contributed by atoms with E-state index in [2.05, 4.69) is 17.2 Å². The van der Waals surface area contributed by atoms with E-state index in [-0.39, 0.29) is 5.54 Å². The molecule has 0 spiro atoms. The summed E-state index contributed by atoms with van der Waals surface area (Å²) in [4.78, 5) is 4.37. The van der Waals surface area contributed by atoms with Gasteiger partial charge in [0, 0.05) is 0 Å². The molecule has 1 aliphatic carbocycles. The first-order chi connectivity index (χ1) is 5.20. The Morgan fingerprint density at radius 3 is 2.73 bits per heavy atom. The average molecular weight is 169 g/mol. The van der Waals surface area contributed by atoms with E-state index in [1.54, 1.807) is 0 Å². The molecular weight excluding hydrogens is 158 g/mol. The summed E-state index contributed by atoms with van der Waals surface area (Å²) in [5.74, 6) is 0. The summed E-state index contributed by atoms with van der Waals surface area (Å²) in [7, 11) is 0. The Balaban J connectivity index is 2.54. The van der Waals surface area contributed by atoms with E-state index in [0.29, 0.717) is 0 Å². The van der Waals surface area contributed by atoms with Crippen molar-refractivity contribution < 1.29 is 0 Å². The molecule has 0 saturated heterocycles. The maximum atomic E-state index is 8.33. The largest absolute Gasteiger partial charge is 0.272 e. The third kappa shape index (κ3) is 2.43. The van der Waals surface area contributed by atoms with E-state index in [4.69, 9.17) is 5.26 Å². The Bertz CT molecular complexity index is 212. The van der Waals surface area contributed by atoms with E-state index in [1.807, 2.05) is 12.4 Å². The normalized spacial score (nSPS) is 20.6. The Kier molecular flexibility index (Phi) is 2.40. The molecular formula is C7H11N3S. The van der Waals surface area contributed by atoms with Crippen LogP contribution in [0, 0.1) is 11.5 Å². The van der Waals surface area contributed by atoms with Crippen molar-refractivity contribution in [3.8, 4) is 6.19 Å². The zero-order valence-corrected chi connectivity index (χ0v) is 7.53. The van der Waals surface area contributed by atoms with Crippen LogP contribution in [0.15, 0.2) is 4.99 Å². The van der Waals surface area contributed by atoms with Gasteiger partial charge in [0.25, 0.3) is 0 Å². The van der Waals surface area contributed by atoms with Crippen molar-refractivity contribution in [1.29, 1.82) is 5.26 Å². The van der Waals surface area contributed by atoms with Gasteiger partial charge in [-0.3, -0.25) is 10.3 Å². The monoisotopic (exact) mass is 169 g/mol. The van der Waals surface area contributed by atoms with Crippen molar-refractivity contribution in [3.63, 3.8) is 0 Å². The third-order valence-corrected chi connectivity index (χ3v) is 2.28. The predicted octanol–water partition coefficient (Wildman–Crippen LogP) is 1.33. The molecule has 0 aromatic rings. The van der Waals surface area contributed by atoms with Crippen molar-refractivity contribution in [2.24, 2.45) is 4.99 Å². The Hall–Kier alpha value is -0.690. The second-order valence-corrected chi connectivity index (χ2v) is 3.65. The second-order valence-electron chi connectivity index (χ2n) is 2.85. The van der Waals surface area contributed by atoms with Crippen LogP contribution in [0.4, 0.5) is 0 Å². The quantitative estimate of drug-likeness (QED) is 0.279. The van der Waals surface area contributed by atoms with Gasteiger partial charge < -0.3 is 0 Å². The minimum atomic E-state index is 0.127. The zero-order chi connectivity index (χ0) is 8.32. The van der Waals surface area contributed by atoms with Gasteiger partial charge >= 0.3 is 0 Å². The van der Waals surface area contributed by atoms with Gasteiger partial charge in [0.1, 0.15) is 0 Å². The molecule has 1 rings (SSSR count). The van der Waals surface area contributed by atoms with Crippen LogP contribution in [-0.2, 0) is 0 Å². The minimum absolute atomic E-state index is 0.127. The van der Waals surface area contributed by atoms with Crippen molar-refractivity contribution in [2.45, 2.75) is 25.3 Å². The standard InChI is InChI=1S/C7H11N3S/c1-7(3-4-7)10-6(11-2)9-5-8/h3-4H2,1-2H3,(H,9,10). The van der Waals surface area contributed by atoms with Crippen molar-refractivity contribution in [1.82, 2.24) is 5.32 Å². The number of aliphatic imine (C=N–C) groups is 1. The highest BCUT2D eigenvalue weighted by Gasteiger charge is 2.37. The fourth-order valence-corrected chi connectivity index (χ4v) is 1.17. The number of hydrogen-bond acceptors (Lipinski definition) is 3. The molecule has 1 fully saturated rings. The first-order valence-corrected chi connectivity index (χ1v) is 4.72. The Morgan fingerprint density at radius 1 is 1.73 bits per heavy atom. The lowest BCUT2D eigenvalue weighted by molar-refractivity contribution is 0.764. The molecule has 0 aliphatic heterocycles. The molecule has 0 atom stereocenters. The minimum Gasteiger partial charge on any atom is -0.272 e. The van der Waals surface area contributed by atoms with Gasteiger partial charge in [0.15, 0.2) is 11.4 Å². The van der Waals surface area contributed by atoms with Crippen LogP contribution in [0.1, 0.15) is 19.8 Å². The van der Waals surface area contributed by atoms with E-state index in [1.165, 1.54) is 11.8 Å². The molecule has 0 aromatic heterocycles. The molecule has 0 radical (unpaired) electrons. The molecule has 4 heteroatoms. The highest BCUT2D eigenvalue weighted by Crippen LogP contribution is 2.39. The number of thioether (sulfide) groups is 1. The van der Waals surface area contributed by atoms with Crippen molar-refractivity contribution in [3.05, 3.63) is 0 Å². The van der Waals surface area contributed by atoms with Gasteiger partial charge in [0.05, 0.1) is 5.54 Å². The van der Waals surface area contributed by atoms with Crippen LogP contribution >= 0.6 is 11.8 Å². The summed E-state index contributed by atoms with van der Waals surface area (Å²) in [6.07, 6.45) is 6.07. The number of nitriles is 1. The van der Waals surface area contributed by atoms with Crippen LogP contribution in [-0.4, -0.2) is 17.0 Å². The lowest BCUT2D eigenvalue weighted by Crippen LogP contribution is -2.16. The molecule has 11 heavy (non-hydrogen) atoms. The topological polar surface area (TPSA) is 48.2 Å². The van der Waals surface area contributed by atoms with Gasteiger partial charge in [-0.1, -0.05) is 11.8 Å². The smallest absolute Gasteiger partial charge is 0.183 e. The van der Waals surface area contributed by atoms with Crippen LogP contribution in [0.2, 0.25) is 0 Å². The van der Waals surface area contributed by atoms with E-state index in [9.17, 15) is 0 Å². The summed E-state index contributed by atoms with van der Waals surface area (Å²) in [6.45, 7) is 2.10. The van der Waals surface area contributed by atoms with Crippen molar-refractivity contribution in [2.75, 3.05) is 6.26 Å². The lowest BCUT2D eigenvalue weighted by atomic mass is 10.4. The number of nitrogens with one attached hydrogen (secondary N) is 1. The van der Waals surface area contributed by atoms with Crippen LogP contribution in [0.25, 0.3) is 0 Å². The number of nitrogens with zero attached hydrogens (tertiary/aromatic N) is 2. The summed E-state index contributed by atoms with van der Waals surface area (Å²) in [6, 6.07) is 0. The van der Waals surface area contributed by atoms with Gasteiger partial charge in [-0.15, -0.1) is 0 Å². The molecule has 0 bridgehead atoms. The first kappa shape index (κ1) is 8.41. The highest BCUT2D eigenvalue weighted by molar-refractivity contribution is 8.13. The molecule has 0 amide bonds. The van der Waals surface area contributed by atoms with E-state index < -0.39 is 0 Å². The Morgan fingerprint density at radius 2 is 2.36 bits per heavy atom. The molecule has 0 aromatic carbocycles. The molecule has 1 aliphatic rings. The second kappa shape index (κ2) is 3.14. The van der Waals surface area contributed by atoms with Gasteiger partial charge in [-0.05, 0) is 26.0 Å². The molecule has 0 heterocycles. The lowest BCUT2D eigenvalue weighted by Gasteiger charge is -2.03. The summed E-state index contributed by atoms with van der Waals surface area (Å²) >= 11 is 1.48. The summed E-state index contributed by atoms with van der Waals surface area (Å²) < 4.78 is 0. The molecule has 60 valence electrons. The summed E-state index contributed by atoms with van der Waals surface area (Å²) in [5, 5.41) is 11.6. The van der Waals surface area contributed by atoms with Crippen LogP contribution < -0.4 is 5.32 Å². The fourth-order valence-electron chi connectivity index (χ4n) is 0.710. The highest BCUT2D eigenvalue weighted by atomic mass is 32.2. The van der Waals surface area contributed by atoms with Crippen molar-refractivity contribution >= 4 is 16.9 Å². The number of rotatable bonds is 1. The maximum absolute atomic E-state index is 8.33. The molecule has 1 N–H and O–H groups in total. The molecule has 1 saturated carbocycles. The number of hydrogen-bond donors (Lipinski definition) is 1. The maximum Gasteiger partial charge on any atom is 0.183 e. The Labute approximate surface area is 70.9 Å². The first-order valence-electron chi connectivity index (χ1n) is 3.49. The van der Waals surface area contributed by atoms with Crippen LogP contribution in [0.3, 0.4) is 0 Å². The zero-order valence-electron chi connectivity index (χ0n) is 6.72. The molecule has 3 nitrogen and oxygen atoms in total. The third-order valence-electron chi connectivity index (χ3n) is 1.70. The van der Waals surface area contributed by atoms with Gasteiger partial charge in [-0.25, -0.2) is 0 Å². The van der Waals surface area contributed by atoms with E-state index in [0.717, 1.165) is 18.0 Å². The molecule has 0 unspecified atom stereocenters. The summed E-state index contributed by atoms with van der Waals surface area (Å²) in [5.41, 5.74) is 0.127. The van der Waals surface area contributed by atoms with Gasteiger partial charge in [0.2, 0.25) is 0 Å². The van der Waals surface area contributed by atoms with E-state index >= 15 is 0 Å². The number of amidine groups is 1. The fraction of sp³-hybridized carbons (Fsp3) is 0.714. The predicted molar refractivity (Wildman–Crippen MR) is 47.3 cm³/mol.